The van der Waals surface area contributed by atoms with Gasteiger partial charge in [0.05, 0.1) is 17.7 Å². The normalized spacial score (nSPS) is 14.7. The SMILES string of the molecule is COC(=O)C(=O)N1CCN(c2nc3nccc(-c4cccs4)n3n2)CC1. The van der Waals surface area contributed by atoms with Gasteiger partial charge in [0.15, 0.2) is 0 Å². The highest BCUT2D eigenvalue weighted by molar-refractivity contribution is 7.13. The summed E-state index contributed by atoms with van der Waals surface area (Å²) in [5.74, 6) is -0.364. The number of carbonyl (C=O) groups is 2. The lowest BCUT2D eigenvalue weighted by Gasteiger charge is -2.33. The number of nitrogens with zero attached hydrogens (tertiary/aromatic N) is 6. The van der Waals surface area contributed by atoms with E-state index < -0.39 is 11.9 Å². The summed E-state index contributed by atoms with van der Waals surface area (Å²) in [5.41, 5.74) is 0.934. The first-order valence-corrected chi connectivity index (χ1v) is 8.93. The van der Waals surface area contributed by atoms with Crippen LogP contribution in [-0.4, -0.2) is 69.6 Å². The number of rotatable bonds is 2. The highest BCUT2D eigenvalue weighted by Crippen LogP contribution is 2.25. The van der Waals surface area contributed by atoms with Crippen molar-refractivity contribution in [2.75, 3.05) is 38.2 Å². The molecule has 0 aromatic carbocycles. The van der Waals surface area contributed by atoms with Crippen molar-refractivity contribution in [3.63, 3.8) is 0 Å². The summed E-state index contributed by atoms with van der Waals surface area (Å²) in [6, 6.07) is 5.92. The molecule has 26 heavy (non-hydrogen) atoms. The largest absolute Gasteiger partial charge is 0.462 e. The van der Waals surface area contributed by atoms with Gasteiger partial charge in [-0.3, -0.25) is 4.79 Å². The molecule has 1 fully saturated rings. The number of ether oxygens (including phenoxy) is 1. The van der Waals surface area contributed by atoms with Gasteiger partial charge in [0.2, 0.25) is 5.95 Å². The van der Waals surface area contributed by atoms with Crippen molar-refractivity contribution < 1.29 is 14.3 Å². The fourth-order valence-electron chi connectivity index (χ4n) is 2.85. The summed E-state index contributed by atoms with van der Waals surface area (Å²) in [6.07, 6.45) is 1.72. The molecule has 0 atom stereocenters. The Morgan fingerprint density at radius 1 is 1.19 bits per heavy atom. The quantitative estimate of drug-likeness (QED) is 0.482. The summed E-state index contributed by atoms with van der Waals surface area (Å²) < 4.78 is 6.22. The maximum atomic E-state index is 11.9. The molecule has 1 saturated heterocycles. The number of anilines is 1. The van der Waals surface area contributed by atoms with E-state index in [4.69, 9.17) is 0 Å². The van der Waals surface area contributed by atoms with Gasteiger partial charge in [-0.25, -0.2) is 9.78 Å². The maximum Gasteiger partial charge on any atom is 0.396 e. The number of aromatic nitrogens is 4. The molecule has 0 unspecified atom stereocenters. The molecule has 0 saturated carbocycles. The topological polar surface area (TPSA) is 92.9 Å². The molecule has 134 valence electrons. The lowest BCUT2D eigenvalue weighted by molar-refractivity contribution is -0.158. The Balaban J connectivity index is 1.55. The number of piperazine rings is 1. The van der Waals surface area contributed by atoms with Crippen LogP contribution in [0.4, 0.5) is 5.95 Å². The van der Waals surface area contributed by atoms with E-state index in [0.717, 1.165) is 10.6 Å². The van der Waals surface area contributed by atoms with Gasteiger partial charge in [-0.15, -0.1) is 16.4 Å². The van der Waals surface area contributed by atoms with Gasteiger partial charge in [0, 0.05) is 32.4 Å². The lowest BCUT2D eigenvalue weighted by Crippen LogP contribution is -2.51. The second kappa shape index (κ2) is 6.71. The van der Waals surface area contributed by atoms with Crippen LogP contribution in [0.25, 0.3) is 16.3 Å². The minimum atomic E-state index is -0.839. The lowest BCUT2D eigenvalue weighted by atomic mass is 10.3. The molecule has 3 aromatic heterocycles. The third kappa shape index (κ3) is 2.88. The molecule has 0 spiro atoms. The van der Waals surface area contributed by atoms with Crippen molar-refractivity contribution in [3.8, 4) is 10.6 Å². The second-order valence-electron chi connectivity index (χ2n) is 5.70. The Bertz CT molecular complexity index is 946. The smallest absolute Gasteiger partial charge is 0.396 e. The van der Waals surface area contributed by atoms with Crippen LogP contribution < -0.4 is 4.90 Å². The third-order valence-electron chi connectivity index (χ3n) is 4.21. The first-order valence-electron chi connectivity index (χ1n) is 8.05. The van der Waals surface area contributed by atoms with Gasteiger partial charge in [-0.1, -0.05) is 6.07 Å². The van der Waals surface area contributed by atoms with E-state index in [0.29, 0.717) is 37.9 Å². The Kier molecular flexibility index (Phi) is 4.25. The monoisotopic (exact) mass is 372 g/mol. The highest BCUT2D eigenvalue weighted by Gasteiger charge is 2.28. The molecule has 9 nitrogen and oxygen atoms in total. The number of carbonyl (C=O) groups excluding carboxylic acids is 2. The molecule has 3 aromatic rings. The average molecular weight is 372 g/mol. The van der Waals surface area contributed by atoms with Gasteiger partial charge in [-0.2, -0.15) is 9.50 Å². The van der Waals surface area contributed by atoms with E-state index in [-0.39, 0.29) is 0 Å². The maximum absolute atomic E-state index is 11.9. The van der Waals surface area contributed by atoms with Crippen LogP contribution in [0.1, 0.15) is 0 Å². The zero-order chi connectivity index (χ0) is 18.1. The Morgan fingerprint density at radius 3 is 2.69 bits per heavy atom. The minimum absolute atomic E-state index is 0.411. The predicted molar refractivity (Wildman–Crippen MR) is 94.9 cm³/mol. The van der Waals surface area contributed by atoms with Crippen LogP contribution in [0, 0.1) is 0 Å². The molecule has 0 bridgehead atoms. The number of hydrogen-bond donors (Lipinski definition) is 0. The van der Waals surface area contributed by atoms with Crippen molar-refractivity contribution in [1.82, 2.24) is 24.5 Å². The van der Waals surface area contributed by atoms with E-state index in [2.05, 4.69) is 19.8 Å². The number of esters is 1. The third-order valence-corrected chi connectivity index (χ3v) is 5.11. The molecule has 0 aliphatic carbocycles. The molecule has 0 N–H and O–H groups in total. The number of thiophene rings is 1. The number of hydrogen-bond acceptors (Lipinski definition) is 8. The Morgan fingerprint density at radius 2 is 2.00 bits per heavy atom. The molecular formula is C16H16N6O3S. The van der Waals surface area contributed by atoms with E-state index in [9.17, 15) is 9.59 Å². The molecule has 0 radical (unpaired) electrons. The van der Waals surface area contributed by atoms with Crippen molar-refractivity contribution in [2.45, 2.75) is 0 Å². The van der Waals surface area contributed by atoms with Gasteiger partial charge in [0.25, 0.3) is 5.78 Å². The molecule has 4 rings (SSSR count). The van der Waals surface area contributed by atoms with Crippen LogP contribution in [-0.2, 0) is 14.3 Å². The molecule has 1 aliphatic heterocycles. The van der Waals surface area contributed by atoms with Crippen LogP contribution in [0.15, 0.2) is 29.8 Å². The summed E-state index contributed by atoms with van der Waals surface area (Å²) in [4.78, 5) is 36.6. The van der Waals surface area contributed by atoms with E-state index in [1.165, 1.54) is 12.0 Å². The fourth-order valence-corrected chi connectivity index (χ4v) is 3.59. The van der Waals surface area contributed by atoms with Crippen molar-refractivity contribution in [3.05, 3.63) is 29.8 Å². The summed E-state index contributed by atoms with van der Waals surface area (Å²) in [6.45, 7) is 1.89. The van der Waals surface area contributed by atoms with Crippen molar-refractivity contribution >= 4 is 34.9 Å². The van der Waals surface area contributed by atoms with Gasteiger partial charge >= 0.3 is 11.9 Å². The number of fused-ring (bicyclic) bond motifs is 1. The zero-order valence-corrected chi connectivity index (χ0v) is 14.8. The summed E-state index contributed by atoms with van der Waals surface area (Å²) in [5, 5.41) is 6.60. The second-order valence-corrected chi connectivity index (χ2v) is 6.65. The van der Waals surface area contributed by atoms with Crippen LogP contribution >= 0.6 is 11.3 Å². The Hall–Kier alpha value is -3.01. The fraction of sp³-hybridized carbons (Fsp3) is 0.312. The van der Waals surface area contributed by atoms with Gasteiger partial charge in [-0.05, 0) is 17.5 Å². The first kappa shape index (κ1) is 16.5. The van der Waals surface area contributed by atoms with E-state index in [1.54, 1.807) is 22.0 Å². The van der Waals surface area contributed by atoms with E-state index >= 15 is 0 Å². The Labute approximate surface area is 152 Å². The summed E-state index contributed by atoms with van der Waals surface area (Å²) in [7, 11) is 1.20. The molecule has 4 heterocycles. The van der Waals surface area contributed by atoms with Crippen LogP contribution in [0.2, 0.25) is 0 Å². The van der Waals surface area contributed by atoms with E-state index in [1.807, 2.05) is 28.5 Å². The summed E-state index contributed by atoms with van der Waals surface area (Å²) >= 11 is 1.63. The average Bonchev–Trinajstić information content (AvgIpc) is 3.36. The predicted octanol–water partition coefficient (Wildman–Crippen LogP) is 0.674. The molecule has 1 aliphatic rings. The van der Waals surface area contributed by atoms with Crippen LogP contribution in [0.3, 0.4) is 0 Å². The van der Waals surface area contributed by atoms with Crippen LogP contribution in [0.5, 0.6) is 0 Å². The first-order chi connectivity index (χ1) is 12.7. The standard InChI is InChI=1S/C16H16N6O3S/c1-25-14(24)13(23)20-6-8-21(9-7-20)16-18-15-17-5-4-11(22(15)19-16)12-3-2-10-26-12/h2-5,10H,6-9H2,1H3. The highest BCUT2D eigenvalue weighted by atomic mass is 32.1. The van der Waals surface area contributed by atoms with Crippen molar-refractivity contribution in [1.29, 1.82) is 0 Å². The van der Waals surface area contributed by atoms with Gasteiger partial charge in [0.1, 0.15) is 0 Å². The van der Waals surface area contributed by atoms with Crippen molar-refractivity contribution in [2.24, 2.45) is 0 Å². The molecule has 10 heteroatoms. The molecule has 1 amide bonds. The van der Waals surface area contributed by atoms with Gasteiger partial charge < -0.3 is 14.5 Å². The molecular weight excluding hydrogens is 356 g/mol. The minimum Gasteiger partial charge on any atom is -0.462 e. The zero-order valence-electron chi connectivity index (χ0n) is 14.0. The number of methoxy groups -OCH3 is 1. The number of amides is 1.